The minimum absolute atomic E-state index is 0.203. The molecule has 0 aliphatic rings. The van der Waals surface area contributed by atoms with Gasteiger partial charge in [-0.05, 0) is 50.6 Å². The van der Waals surface area contributed by atoms with Crippen LogP contribution in [0.3, 0.4) is 0 Å². The average Bonchev–Trinajstić information content (AvgIpc) is 2.52. The van der Waals surface area contributed by atoms with Crippen molar-refractivity contribution in [2.45, 2.75) is 32.4 Å². The fourth-order valence-corrected chi connectivity index (χ4v) is 2.07. The van der Waals surface area contributed by atoms with Crippen molar-refractivity contribution in [1.82, 2.24) is 5.32 Å². The maximum Gasteiger partial charge on any atom is 0.408 e. The second-order valence-corrected chi connectivity index (χ2v) is 6.37. The lowest BCUT2D eigenvalue weighted by atomic mass is 10.1. The Morgan fingerprint density at radius 1 is 1.08 bits per heavy atom. The van der Waals surface area contributed by atoms with Crippen LogP contribution in [0.2, 0.25) is 0 Å². The van der Waals surface area contributed by atoms with E-state index in [0.717, 1.165) is 5.56 Å². The molecule has 2 aromatic carbocycles. The molecule has 1 atom stereocenters. The molecule has 0 aliphatic carbocycles. The van der Waals surface area contributed by atoms with Gasteiger partial charge in [0.25, 0.3) is 0 Å². The van der Waals surface area contributed by atoms with Gasteiger partial charge >= 0.3 is 6.09 Å². The summed E-state index contributed by atoms with van der Waals surface area (Å²) in [7, 11) is 0. The summed E-state index contributed by atoms with van der Waals surface area (Å²) in [6.07, 6.45) is -0.515. The first kappa shape index (κ1) is 17.8. The number of halogens is 1. The molecule has 0 radical (unpaired) electrons. The highest BCUT2D eigenvalue weighted by Gasteiger charge is 2.21. The van der Waals surface area contributed by atoms with Gasteiger partial charge in [0.15, 0.2) is 0 Å². The van der Waals surface area contributed by atoms with Gasteiger partial charge in [0, 0.05) is 0 Å². The Morgan fingerprint density at radius 2 is 1.71 bits per heavy atom. The number of carbonyl (C=O) groups is 1. The Labute approximate surface area is 141 Å². The number of amides is 1. The standard InChI is InChI=1S/C19H22FNO3/c1-19(2,3)24-18(22)21-17(14-7-5-4-6-8-14)13-23-16-11-9-15(20)10-12-16/h4-12,17H,13H2,1-3H3,(H,21,22). The second-order valence-electron chi connectivity index (χ2n) is 6.37. The summed E-state index contributed by atoms with van der Waals surface area (Å²) < 4.78 is 23.9. The van der Waals surface area contributed by atoms with E-state index in [1.165, 1.54) is 12.1 Å². The van der Waals surface area contributed by atoms with Crippen LogP contribution in [-0.4, -0.2) is 18.3 Å². The SMILES string of the molecule is CC(C)(C)OC(=O)NC(COc1ccc(F)cc1)c1ccccc1. The lowest BCUT2D eigenvalue weighted by Gasteiger charge is -2.24. The summed E-state index contributed by atoms with van der Waals surface area (Å²) in [4.78, 5) is 12.1. The molecule has 0 aromatic heterocycles. The van der Waals surface area contributed by atoms with Crippen LogP contribution in [0.4, 0.5) is 9.18 Å². The molecule has 2 rings (SSSR count). The van der Waals surface area contributed by atoms with Crippen LogP contribution >= 0.6 is 0 Å². The van der Waals surface area contributed by atoms with Crippen molar-refractivity contribution in [3.8, 4) is 5.75 Å². The van der Waals surface area contributed by atoms with Crippen molar-refractivity contribution in [2.75, 3.05) is 6.61 Å². The van der Waals surface area contributed by atoms with Gasteiger partial charge < -0.3 is 14.8 Å². The Balaban J connectivity index is 2.05. The first-order chi connectivity index (χ1) is 11.3. The molecule has 128 valence electrons. The molecule has 1 unspecified atom stereocenters. The van der Waals surface area contributed by atoms with E-state index in [-0.39, 0.29) is 18.5 Å². The van der Waals surface area contributed by atoms with E-state index in [4.69, 9.17) is 9.47 Å². The van der Waals surface area contributed by atoms with E-state index >= 15 is 0 Å². The highest BCUT2D eigenvalue weighted by molar-refractivity contribution is 5.68. The molecule has 1 N–H and O–H groups in total. The fraction of sp³-hybridized carbons (Fsp3) is 0.316. The molecule has 0 aliphatic heterocycles. The molecule has 0 saturated carbocycles. The highest BCUT2D eigenvalue weighted by Crippen LogP contribution is 2.18. The molecule has 0 bridgehead atoms. The van der Waals surface area contributed by atoms with E-state index < -0.39 is 11.7 Å². The lowest BCUT2D eigenvalue weighted by molar-refractivity contribution is 0.0487. The number of nitrogens with one attached hydrogen (secondary N) is 1. The van der Waals surface area contributed by atoms with Crippen LogP contribution < -0.4 is 10.1 Å². The molecular formula is C19H22FNO3. The number of alkyl carbamates (subject to hydrolysis) is 1. The average molecular weight is 331 g/mol. The first-order valence-corrected chi connectivity index (χ1v) is 7.76. The van der Waals surface area contributed by atoms with Gasteiger partial charge in [-0.1, -0.05) is 30.3 Å². The van der Waals surface area contributed by atoms with E-state index in [1.54, 1.807) is 32.9 Å². The van der Waals surface area contributed by atoms with Crippen molar-refractivity contribution < 1.29 is 18.7 Å². The zero-order valence-electron chi connectivity index (χ0n) is 14.1. The summed E-state index contributed by atoms with van der Waals surface area (Å²) in [6, 6.07) is 14.8. The quantitative estimate of drug-likeness (QED) is 0.879. The summed E-state index contributed by atoms with van der Waals surface area (Å²) in [5.41, 5.74) is 0.314. The Bertz CT molecular complexity index is 651. The third-order valence-electron chi connectivity index (χ3n) is 3.12. The van der Waals surface area contributed by atoms with Crippen molar-refractivity contribution >= 4 is 6.09 Å². The second kappa shape index (κ2) is 7.81. The molecule has 5 heteroatoms. The predicted molar refractivity (Wildman–Crippen MR) is 90.4 cm³/mol. The van der Waals surface area contributed by atoms with Crippen LogP contribution in [-0.2, 0) is 4.74 Å². The monoisotopic (exact) mass is 331 g/mol. The third-order valence-corrected chi connectivity index (χ3v) is 3.12. The van der Waals surface area contributed by atoms with Gasteiger partial charge in [-0.2, -0.15) is 0 Å². The van der Waals surface area contributed by atoms with E-state index in [9.17, 15) is 9.18 Å². The zero-order chi connectivity index (χ0) is 17.6. The van der Waals surface area contributed by atoms with Gasteiger partial charge in [0.1, 0.15) is 23.8 Å². The molecule has 0 spiro atoms. The van der Waals surface area contributed by atoms with Crippen LogP contribution in [0, 0.1) is 5.82 Å². The van der Waals surface area contributed by atoms with Gasteiger partial charge in [-0.25, -0.2) is 9.18 Å². The maximum absolute atomic E-state index is 13.0. The van der Waals surface area contributed by atoms with Crippen molar-refractivity contribution in [3.05, 3.63) is 66.0 Å². The molecular weight excluding hydrogens is 309 g/mol. The van der Waals surface area contributed by atoms with Crippen LogP contribution in [0.15, 0.2) is 54.6 Å². The molecule has 0 heterocycles. The maximum atomic E-state index is 13.0. The van der Waals surface area contributed by atoms with Crippen LogP contribution in [0.25, 0.3) is 0 Å². The molecule has 1 amide bonds. The number of benzene rings is 2. The van der Waals surface area contributed by atoms with E-state index in [2.05, 4.69) is 5.32 Å². The fourth-order valence-electron chi connectivity index (χ4n) is 2.07. The smallest absolute Gasteiger partial charge is 0.408 e. The summed E-state index contributed by atoms with van der Waals surface area (Å²) >= 11 is 0. The lowest BCUT2D eigenvalue weighted by Crippen LogP contribution is -2.37. The van der Waals surface area contributed by atoms with Crippen LogP contribution in [0.1, 0.15) is 32.4 Å². The van der Waals surface area contributed by atoms with Gasteiger partial charge in [0.2, 0.25) is 0 Å². The van der Waals surface area contributed by atoms with E-state index in [0.29, 0.717) is 5.75 Å². The Morgan fingerprint density at radius 3 is 2.29 bits per heavy atom. The molecule has 24 heavy (non-hydrogen) atoms. The van der Waals surface area contributed by atoms with E-state index in [1.807, 2.05) is 30.3 Å². The number of rotatable bonds is 5. The largest absolute Gasteiger partial charge is 0.491 e. The van der Waals surface area contributed by atoms with Gasteiger partial charge in [0.05, 0.1) is 6.04 Å². The number of hydrogen-bond acceptors (Lipinski definition) is 3. The molecule has 0 fully saturated rings. The minimum Gasteiger partial charge on any atom is -0.491 e. The minimum atomic E-state index is -0.580. The molecule has 0 saturated heterocycles. The number of hydrogen-bond donors (Lipinski definition) is 1. The topological polar surface area (TPSA) is 47.6 Å². The summed E-state index contributed by atoms with van der Waals surface area (Å²) in [6.45, 7) is 5.62. The zero-order valence-corrected chi connectivity index (χ0v) is 14.1. The van der Waals surface area contributed by atoms with Crippen molar-refractivity contribution in [2.24, 2.45) is 0 Å². The Hall–Kier alpha value is -2.56. The summed E-state index contributed by atoms with van der Waals surface area (Å²) in [5.74, 6) is 0.206. The van der Waals surface area contributed by atoms with Crippen molar-refractivity contribution in [3.63, 3.8) is 0 Å². The molecule has 4 nitrogen and oxygen atoms in total. The number of ether oxygens (including phenoxy) is 2. The predicted octanol–water partition coefficient (Wildman–Crippen LogP) is 4.47. The Kier molecular flexibility index (Phi) is 5.79. The first-order valence-electron chi connectivity index (χ1n) is 7.76. The third kappa shape index (κ3) is 5.91. The summed E-state index contributed by atoms with van der Waals surface area (Å²) in [5, 5.41) is 2.81. The van der Waals surface area contributed by atoms with Crippen LogP contribution in [0.5, 0.6) is 5.75 Å². The van der Waals surface area contributed by atoms with Crippen molar-refractivity contribution in [1.29, 1.82) is 0 Å². The highest BCUT2D eigenvalue weighted by atomic mass is 19.1. The molecule has 2 aromatic rings. The van der Waals surface area contributed by atoms with Gasteiger partial charge in [-0.3, -0.25) is 0 Å². The number of carbonyl (C=O) groups excluding carboxylic acids is 1. The normalized spacial score (nSPS) is 12.3. The van der Waals surface area contributed by atoms with Gasteiger partial charge in [-0.15, -0.1) is 0 Å².